The molecule has 2 aliphatic heterocycles. The van der Waals surface area contributed by atoms with Gasteiger partial charge in [0.15, 0.2) is 5.76 Å². The fraction of sp³-hybridized carbons (Fsp3) is 0.474. The maximum Gasteiger partial charge on any atom is 0.490 e. The summed E-state index contributed by atoms with van der Waals surface area (Å²) in [5, 5.41) is 7.12. The molecule has 2 atom stereocenters. The lowest BCUT2D eigenvalue weighted by molar-refractivity contribution is -0.192. The molecule has 2 aromatic heterocycles. The van der Waals surface area contributed by atoms with E-state index in [1.807, 2.05) is 17.2 Å². The lowest BCUT2D eigenvalue weighted by Gasteiger charge is -2.36. The van der Waals surface area contributed by atoms with Crippen LogP contribution in [0.4, 0.5) is 13.2 Å². The third-order valence-electron chi connectivity index (χ3n) is 5.12. The molecule has 7 nitrogen and oxygen atoms in total. The van der Waals surface area contributed by atoms with E-state index in [9.17, 15) is 18.0 Å². The summed E-state index contributed by atoms with van der Waals surface area (Å²) in [6.07, 6.45) is 2.40. The maximum absolute atomic E-state index is 12.5. The fourth-order valence-corrected chi connectivity index (χ4v) is 3.81. The molecule has 0 aliphatic carbocycles. The SMILES string of the molecule is O=C(O)C(F)(F)F.O=C(c1ccco1)N1C[C@H]2CCCN(Cc3ccoc3)[C@H]2C1. The molecule has 2 fully saturated rings. The highest BCUT2D eigenvalue weighted by atomic mass is 19.4. The number of likely N-dealkylation sites (tertiary alicyclic amines) is 2. The zero-order chi connectivity index (χ0) is 21.0. The summed E-state index contributed by atoms with van der Waals surface area (Å²) in [5.74, 6) is -1.73. The van der Waals surface area contributed by atoms with Gasteiger partial charge in [-0.25, -0.2) is 4.79 Å². The Morgan fingerprint density at radius 2 is 1.97 bits per heavy atom. The number of aliphatic carboxylic acids is 1. The standard InChI is InChI=1S/C17H20N2O3.C2HF3O2/c20-17(16-4-2-7-22-16)19-10-14-3-1-6-18(15(14)11-19)9-13-5-8-21-12-13;3-2(4,5)1(6)7/h2,4-5,7-8,12,14-15H,1,3,6,9-11H2;(H,6,7)/t14-,15+;/m1./s1. The molecule has 1 N–H and O–H groups in total. The van der Waals surface area contributed by atoms with Gasteiger partial charge in [-0.1, -0.05) is 0 Å². The molecule has 4 heterocycles. The van der Waals surface area contributed by atoms with Crippen molar-refractivity contribution in [1.29, 1.82) is 0 Å². The van der Waals surface area contributed by atoms with E-state index in [2.05, 4.69) is 4.90 Å². The molecular formula is C19H21F3N2O5. The summed E-state index contributed by atoms with van der Waals surface area (Å²) in [6, 6.07) is 5.97. The molecule has 29 heavy (non-hydrogen) atoms. The Morgan fingerprint density at radius 1 is 1.21 bits per heavy atom. The Kier molecular flexibility index (Phi) is 6.31. The number of rotatable bonds is 3. The van der Waals surface area contributed by atoms with Crippen molar-refractivity contribution in [3.05, 3.63) is 48.3 Å². The van der Waals surface area contributed by atoms with Crippen molar-refractivity contribution in [2.75, 3.05) is 19.6 Å². The Balaban J connectivity index is 0.000000298. The zero-order valence-corrected chi connectivity index (χ0v) is 15.5. The Labute approximate surface area is 164 Å². The first kappa shape index (κ1) is 21.0. The van der Waals surface area contributed by atoms with Crippen molar-refractivity contribution in [1.82, 2.24) is 9.80 Å². The number of furan rings is 2. The number of carbonyl (C=O) groups is 2. The highest BCUT2D eigenvalue weighted by Gasteiger charge is 2.41. The normalized spacial score (nSPS) is 22.0. The van der Waals surface area contributed by atoms with Gasteiger partial charge >= 0.3 is 12.1 Å². The molecule has 4 rings (SSSR count). The van der Waals surface area contributed by atoms with Crippen LogP contribution in [-0.4, -0.2) is 58.6 Å². The second-order valence-electron chi connectivity index (χ2n) is 7.06. The van der Waals surface area contributed by atoms with Gasteiger partial charge in [-0.05, 0) is 43.5 Å². The first-order valence-electron chi connectivity index (χ1n) is 9.13. The van der Waals surface area contributed by atoms with Crippen molar-refractivity contribution >= 4 is 11.9 Å². The van der Waals surface area contributed by atoms with E-state index >= 15 is 0 Å². The fourth-order valence-electron chi connectivity index (χ4n) is 3.81. The highest BCUT2D eigenvalue weighted by Crippen LogP contribution is 2.32. The number of hydrogen-bond donors (Lipinski definition) is 1. The number of piperidine rings is 1. The molecule has 2 saturated heterocycles. The molecule has 0 spiro atoms. The Bertz CT molecular complexity index is 804. The Morgan fingerprint density at radius 3 is 2.55 bits per heavy atom. The van der Waals surface area contributed by atoms with Crippen molar-refractivity contribution < 1.29 is 36.7 Å². The number of carbonyl (C=O) groups excluding carboxylic acids is 1. The van der Waals surface area contributed by atoms with Crippen LogP contribution in [-0.2, 0) is 11.3 Å². The third kappa shape index (κ3) is 5.20. The van der Waals surface area contributed by atoms with E-state index in [-0.39, 0.29) is 5.91 Å². The second-order valence-corrected chi connectivity index (χ2v) is 7.06. The van der Waals surface area contributed by atoms with Crippen LogP contribution in [0.3, 0.4) is 0 Å². The summed E-state index contributed by atoms with van der Waals surface area (Å²) in [4.78, 5) is 25.8. The van der Waals surface area contributed by atoms with Crippen molar-refractivity contribution in [2.45, 2.75) is 31.6 Å². The van der Waals surface area contributed by atoms with Crippen LogP contribution in [0.25, 0.3) is 0 Å². The minimum absolute atomic E-state index is 0.0164. The summed E-state index contributed by atoms with van der Waals surface area (Å²) in [5.41, 5.74) is 1.21. The van der Waals surface area contributed by atoms with Gasteiger partial charge in [0.1, 0.15) is 0 Å². The number of hydrogen-bond acceptors (Lipinski definition) is 5. The van der Waals surface area contributed by atoms with Gasteiger partial charge in [0.05, 0.1) is 18.8 Å². The first-order chi connectivity index (χ1) is 13.8. The van der Waals surface area contributed by atoms with E-state index in [1.54, 1.807) is 24.7 Å². The number of halogens is 3. The molecule has 0 bridgehead atoms. The number of carboxylic acid groups (broad SMARTS) is 1. The van der Waals surface area contributed by atoms with E-state index in [1.165, 1.54) is 18.4 Å². The van der Waals surface area contributed by atoms with Gasteiger partial charge in [0.25, 0.3) is 5.91 Å². The first-order valence-corrected chi connectivity index (χ1v) is 9.13. The predicted molar refractivity (Wildman–Crippen MR) is 93.9 cm³/mol. The second kappa shape index (κ2) is 8.73. The van der Waals surface area contributed by atoms with Crippen molar-refractivity contribution in [3.8, 4) is 0 Å². The van der Waals surface area contributed by atoms with Gasteiger partial charge < -0.3 is 18.8 Å². The third-order valence-corrected chi connectivity index (χ3v) is 5.12. The molecule has 2 aliphatic rings. The van der Waals surface area contributed by atoms with E-state index in [0.717, 1.165) is 26.2 Å². The molecular weight excluding hydrogens is 393 g/mol. The number of alkyl halides is 3. The topological polar surface area (TPSA) is 87.1 Å². The molecule has 0 aromatic carbocycles. The summed E-state index contributed by atoms with van der Waals surface area (Å²) in [7, 11) is 0. The van der Waals surface area contributed by atoms with Crippen molar-refractivity contribution in [2.24, 2.45) is 5.92 Å². The monoisotopic (exact) mass is 414 g/mol. The number of carboxylic acids is 1. The van der Waals surface area contributed by atoms with Gasteiger partial charge in [-0.3, -0.25) is 9.69 Å². The number of fused-ring (bicyclic) bond motifs is 1. The molecule has 0 radical (unpaired) electrons. The largest absolute Gasteiger partial charge is 0.490 e. The molecule has 0 saturated carbocycles. The average molecular weight is 414 g/mol. The van der Waals surface area contributed by atoms with E-state index < -0.39 is 12.1 Å². The molecule has 10 heteroatoms. The van der Waals surface area contributed by atoms with Gasteiger partial charge in [0.2, 0.25) is 0 Å². The molecule has 0 unspecified atom stereocenters. The highest BCUT2D eigenvalue weighted by molar-refractivity contribution is 5.91. The van der Waals surface area contributed by atoms with Gasteiger partial charge in [-0.15, -0.1) is 0 Å². The average Bonchev–Trinajstić information content (AvgIpc) is 3.42. The minimum atomic E-state index is -5.08. The number of nitrogens with zero attached hydrogens (tertiary/aromatic N) is 2. The van der Waals surface area contributed by atoms with Gasteiger partial charge in [0, 0.05) is 31.2 Å². The van der Waals surface area contributed by atoms with Crippen LogP contribution in [0.1, 0.15) is 29.0 Å². The van der Waals surface area contributed by atoms with Crippen LogP contribution in [0.5, 0.6) is 0 Å². The van der Waals surface area contributed by atoms with E-state index in [4.69, 9.17) is 18.7 Å². The quantitative estimate of drug-likeness (QED) is 0.830. The van der Waals surface area contributed by atoms with Crippen LogP contribution in [0.2, 0.25) is 0 Å². The van der Waals surface area contributed by atoms with Gasteiger partial charge in [-0.2, -0.15) is 13.2 Å². The predicted octanol–water partition coefficient (Wildman–Crippen LogP) is 3.24. The Hall–Kier alpha value is -2.75. The van der Waals surface area contributed by atoms with Crippen molar-refractivity contribution in [3.63, 3.8) is 0 Å². The lowest BCUT2D eigenvalue weighted by Crippen LogP contribution is -2.44. The summed E-state index contributed by atoms with van der Waals surface area (Å²) >= 11 is 0. The summed E-state index contributed by atoms with van der Waals surface area (Å²) < 4.78 is 42.2. The number of amides is 1. The zero-order valence-electron chi connectivity index (χ0n) is 15.5. The van der Waals surface area contributed by atoms with Crippen LogP contribution < -0.4 is 0 Å². The smallest absolute Gasteiger partial charge is 0.475 e. The van der Waals surface area contributed by atoms with Crippen LogP contribution in [0.15, 0.2) is 45.8 Å². The van der Waals surface area contributed by atoms with E-state index in [0.29, 0.717) is 17.7 Å². The van der Waals surface area contributed by atoms with Crippen LogP contribution in [0, 0.1) is 5.92 Å². The maximum atomic E-state index is 12.5. The van der Waals surface area contributed by atoms with Crippen LogP contribution >= 0.6 is 0 Å². The molecule has 1 amide bonds. The molecule has 2 aromatic rings. The molecule has 158 valence electrons. The lowest BCUT2D eigenvalue weighted by atomic mass is 9.92. The minimum Gasteiger partial charge on any atom is -0.475 e. The summed E-state index contributed by atoms with van der Waals surface area (Å²) in [6.45, 7) is 3.63.